The number of aromatic nitrogens is 1. The Morgan fingerprint density at radius 3 is 3.08 bits per heavy atom. The Labute approximate surface area is 77.1 Å². The van der Waals surface area contributed by atoms with Crippen LogP contribution in [0, 0.1) is 5.95 Å². The third-order valence-electron chi connectivity index (χ3n) is 1.49. The van der Waals surface area contributed by atoms with Gasteiger partial charge in [0.25, 0.3) is 0 Å². The van der Waals surface area contributed by atoms with Crippen molar-refractivity contribution < 1.29 is 9.13 Å². The molecule has 70 valence electrons. The van der Waals surface area contributed by atoms with Crippen molar-refractivity contribution in [1.29, 1.82) is 0 Å². The van der Waals surface area contributed by atoms with Crippen molar-refractivity contribution in [1.82, 2.24) is 4.98 Å². The molecule has 1 heterocycles. The molecule has 0 N–H and O–H groups in total. The summed E-state index contributed by atoms with van der Waals surface area (Å²) in [5, 5.41) is 0. The largest absolute Gasteiger partial charge is 0.478 e. The molecule has 0 aliphatic heterocycles. The van der Waals surface area contributed by atoms with Crippen LogP contribution < -0.4 is 4.74 Å². The smallest absolute Gasteiger partial charge is 0.216 e. The summed E-state index contributed by atoms with van der Waals surface area (Å²) in [5.74, 6) is -0.176. The molecule has 0 radical (unpaired) electrons. The molecule has 0 aromatic carbocycles. The number of rotatable bonds is 5. The summed E-state index contributed by atoms with van der Waals surface area (Å²) in [6.45, 7) is 4.13. The first-order valence-electron chi connectivity index (χ1n) is 4.19. The highest BCUT2D eigenvalue weighted by molar-refractivity contribution is 5.10. The normalized spacial score (nSPS) is 9.62. The molecule has 3 heteroatoms. The van der Waals surface area contributed by atoms with Gasteiger partial charge in [-0.05, 0) is 18.9 Å². The Balaban J connectivity index is 2.32. The van der Waals surface area contributed by atoms with E-state index in [-0.39, 0.29) is 0 Å². The van der Waals surface area contributed by atoms with Gasteiger partial charge in [0.2, 0.25) is 11.8 Å². The lowest BCUT2D eigenvalue weighted by Crippen LogP contribution is -1.99. The maximum Gasteiger partial charge on any atom is 0.216 e. The molecule has 0 saturated carbocycles. The van der Waals surface area contributed by atoms with Crippen molar-refractivity contribution in [2.75, 3.05) is 6.61 Å². The second-order valence-electron chi connectivity index (χ2n) is 2.58. The number of halogens is 1. The molecule has 1 rings (SSSR count). The first-order valence-corrected chi connectivity index (χ1v) is 4.19. The van der Waals surface area contributed by atoms with Gasteiger partial charge in [-0.15, -0.1) is 6.58 Å². The third kappa shape index (κ3) is 3.69. The zero-order valence-electron chi connectivity index (χ0n) is 7.37. The van der Waals surface area contributed by atoms with E-state index in [1.54, 1.807) is 12.1 Å². The SMILES string of the molecule is C=CCCCOc1cccc(F)n1. The van der Waals surface area contributed by atoms with Gasteiger partial charge >= 0.3 is 0 Å². The minimum atomic E-state index is -0.513. The molecule has 0 aliphatic carbocycles. The van der Waals surface area contributed by atoms with E-state index in [0.29, 0.717) is 12.5 Å². The molecule has 0 atom stereocenters. The fraction of sp³-hybridized carbons (Fsp3) is 0.300. The fourth-order valence-electron chi connectivity index (χ4n) is 0.874. The minimum Gasteiger partial charge on any atom is -0.478 e. The van der Waals surface area contributed by atoms with Crippen LogP contribution in [0.1, 0.15) is 12.8 Å². The predicted molar refractivity (Wildman–Crippen MR) is 49.1 cm³/mol. The van der Waals surface area contributed by atoms with Crippen molar-refractivity contribution in [3.05, 3.63) is 36.8 Å². The van der Waals surface area contributed by atoms with Gasteiger partial charge in [-0.1, -0.05) is 12.1 Å². The maximum absolute atomic E-state index is 12.5. The highest BCUT2D eigenvalue weighted by atomic mass is 19.1. The van der Waals surface area contributed by atoms with E-state index in [1.165, 1.54) is 6.07 Å². The molecular formula is C10H12FNO. The summed E-state index contributed by atoms with van der Waals surface area (Å²) in [6.07, 6.45) is 3.60. The molecule has 0 saturated heterocycles. The predicted octanol–water partition coefficient (Wildman–Crippen LogP) is 2.57. The molecule has 0 amide bonds. The average molecular weight is 181 g/mol. The number of ether oxygens (including phenoxy) is 1. The van der Waals surface area contributed by atoms with Gasteiger partial charge in [0.15, 0.2) is 0 Å². The maximum atomic E-state index is 12.5. The van der Waals surface area contributed by atoms with E-state index in [2.05, 4.69) is 11.6 Å². The first-order chi connectivity index (χ1) is 6.33. The van der Waals surface area contributed by atoms with Gasteiger partial charge in [0, 0.05) is 6.07 Å². The Hall–Kier alpha value is -1.38. The third-order valence-corrected chi connectivity index (χ3v) is 1.49. The number of hydrogen-bond acceptors (Lipinski definition) is 2. The van der Waals surface area contributed by atoms with Crippen molar-refractivity contribution in [3.8, 4) is 5.88 Å². The van der Waals surface area contributed by atoms with Crippen LogP contribution in [0.4, 0.5) is 4.39 Å². The van der Waals surface area contributed by atoms with Crippen LogP contribution in [0.2, 0.25) is 0 Å². The van der Waals surface area contributed by atoms with E-state index >= 15 is 0 Å². The number of nitrogens with zero attached hydrogens (tertiary/aromatic N) is 1. The van der Waals surface area contributed by atoms with Gasteiger partial charge < -0.3 is 4.74 Å². The highest BCUT2D eigenvalue weighted by Crippen LogP contribution is 2.06. The van der Waals surface area contributed by atoms with Gasteiger partial charge in [0.1, 0.15) is 0 Å². The van der Waals surface area contributed by atoms with Crippen molar-refractivity contribution in [2.24, 2.45) is 0 Å². The van der Waals surface area contributed by atoms with E-state index in [1.807, 2.05) is 6.08 Å². The summed E-state index contributed by atoms with van der Waals surface area (Å²) < 4.78 is 17.7. The molecule has 2 nitrogen and oxygen atoms in total. The standard InChI is InChI=1S/C10H12FNO/c1-2-3-4-8-13-10-7-5-6-9(11)12-10/h2,5-7H,1,3-4,8H2. The molecule has 0 spiro atoms. The minimum absolute atomic E-state index is 0.337. The van der Waals surface area contributed by atoms with E-state index in [9.17, 15) is 4.39 Å². The quantitative estimate of drug-likeness (QED) is 0.395. The van der Waals surface area contributed by atoms with Crippen LogP contribution >= 0.6 is 0 Å². The fourth-order valence-corrected chi connectivity index (χ4v) is 0.874. The zero-order chi connectivity index (χ0) is 9.52. The molecular weight excluding hydrogens is 169 g/mol. The van der Waals surface area contributed by atoms with E-state index in [0.717, 1.165) is 12.8 Å². The van der Waals surface area contributed by atoms with Crippen LogP contribution in [0.5, 0.6) is 5.88 Å². The lowest BCUT2D eigenvalue weighted by molar-refractivity contribution is 0.295. The number of hydrogen-bond donors (Lipinski definition) is 0. The summed E-state index contributed by atoms with van der Waals surface area (Å²) in [5.41, 5.74) is 0. The van der Waals surface area contributed by atoms with E-state index < -0.39 is 5.95 Å². The first kappa shape index (κ1) is 9.71. The van der Waals surface area contributed by atoms with Crippen LogP contribution in [-0.4, -0.2) is 11.6 Å². The van der Waals surface area contributed by atoms with Gasteiger partial charge in [-0.2, -0.15) is 9.37 Å². The average Bonchev–Trinajstić information content (AvgIpc) is 2.13. The summed E-state index contributed by atoms with van der Waals surface area (Å²) in [7, 11) is 0. The monoisotopic (exact) mass is 181 g/mol. The lowest BCUT2D eigenvalue weighted by Gasteiger charge is -2.02. The number of pyridine rings is 1. The van der Waals surface area contributed by atoms with Gasteiger partial charge in [0.05, 0.1) is 6.61 Å². The molecule has 0 aliphatic rings. The molecule has 0 unspecified atom stereocenters. The Morgan fingerprint density at radius 1 is 1.54 bits per heavy atom. The zero-order valence-corrected chi connectivity index (χ0v) is 7.37. The molecule has 0 fully saturated rings. The van der Waals surface area contributed by atoms with Crippen molar-refractivity contribution in [2.45, 2.75) is 12.8 Å². The second-order valence-corrected chi connectivity index (χ2v) is 2.58. The lowest BCUT2D eigenvalue weighted by atomic mass is 10.3. The molecule has 1 aromatic heterocycles. The van der Waals surface area contributed by atoms with Crippen LogP contribution in [0.15, 0.2) is 30.9 Å². The Bertz CT molecular complexity index is 275. The van der Waals surface area contributed by atoms with Gasteiger partial charge in [-0.25, -0.2) is 0 Å². The summed E-state index contributed by atoms with van der Waals surface area (Å²) in [6, 6.07) is 4.50. The molecule has 1 aromatic rings. The van der Waals surface area contributed by atoms with E-state index in [4.69, 9.17) is 4.74 Å². The van der Waals surface area contributed by atoms with Gasteiger partial charge in [-0.3, -0.25) is 0 Å². The number of unbranched alkanes of at least 4 members (excludes halogenated alkanes) is 1. The summed E-state index contributed by atoms with van der Waals surface area (Å²) >= 11 is 0. The van der Waals surface area contributed by atoms with Crippen molar-refractivity contribution >= 4 is 0 Å². The highest BCUT2D eigenvalue weighted by Gasteiger charge is 1.95. The van der Waals surface area contributed by atoms with Crippen LogP contribution in [0.3, 0.4) is 0 Å². The van der Waals surface area contributed by atoms with Crippen LogP contribution in [-0.2, 0) is 0 Å². The molecule has 13 heavy (non-hydrogen) atoms. The Morgan fingerprint density at radius 2 is 2.38 bits per heavy atom. The second kappa shape index (κ2) is 5.30. The Kier molecular flexibility index (Phi) is 3.96. The van der Waals surface area contributed by atoms with Crippen LogP contribution in [0.25, 0.3) is 0 Å². The topological polar surface area (TPSA) is 22.1 Å². The molecule has 0 bridgehead atoms. The van der Waals surface area contributed by atoms with Crippen molar-refractivity contribution in [3.63, 3.8) is 0 Å². The number of allylic oxidation sites excluding steroid dienone is 1. The summed E-state index contributed by atoms with van der Waals surface area (Å²) in [4.78, 5) is 3.56.